The van der Waals surface area contributed by atoms with Gasteiger partial charge < -0.3 is 20.5 Å². The average Bonchev–Trinajstić information content (AvgIpc) is 3.13. The van der Waals surface area contributed by atoms with Gasteiger partial charge in [0.2, 0.25) is 0 Å². The van der Waals surface area contributed by atoms with Gasteiger partial charge in [0.1, 0.15) is 4.88 Å². The number of primary amides is 1. The molecule has 29 heavy (non-hydrogen) atoms. The minimum Gasteiger partial charge on any atom is -0.493 e. The van der Waals surface area contributed by atoms with Crippen molar-refractivity contribution in [3.8, 4) is 22.3 Å². The van der Waals surface area contributed by atoms with Crippen LogP contribution in [-0.4, -0.2) is 40.5 Å². The van der Waals surface area contributed by atoms with E-state index >= 15 is 0 Å². The summed E-state index contributed by atoms with van der Waals surface area (Å²) in [5, 5.41) is 3.45. The summed E-state index contributed by atoms with van der Waals surface area (Å²) >= 11 is 1.24. The van der Waals surface area contributed by atoms with E-state index in [0.29, 0.717) is 32.9 Å². The first-order chi connectivity index (χ1) is 14.0. The third kappa shape index (κ3) is 5.05. The van der Waals surface area contributed by atoms with Crippen molar-refractivity contribution in [3.05, 3.63) is 52.8 Å². The number of aromatic nitrogens is 3. The number of hydrogen-bond acceptors (Lipinski definition) is 8. The Bertz CT molecular complexity index is 1020. The molecule has 3 N–H and O–H groups in total. The highest BCUT2D eigenvalue weighted by molar-refractivity contribution is 7.17. The maximum atomic E-state index is 12.6. The molecule has 0 fully saturated rings. The number of ether oxygens (including phenoxy) is 2. The molecule has 0 spiro atoms. The number of amides is 2. The van der Waals surface area contributed by atoms with Gasteiger partial charge in [-0.05, 0) is 30.7 Å². The van der Waals surface area contributed by atoms with Gasteiger partial charge in [-0.25, -0.2) is 15.0 Å². The highest BCUT2D eigenvalue weighted by Crippen LogP contribution is 2.28. The SMILES string of the molecule is COc1cc(CNC(=O)c2sc(-c3ncccn3)nc2C)ccc1OCC(N)=O. The summed E-state index contributed by atoms with van der Waals surface area (Å²) in [6.07, 6.45) is 3.26. The lowest BCUT2D eigenvalue weighted by Crippen LogP contribution is -2.22. The normalized spacial score (nSPS) is 10.4. The fourth-order valence-corrected chi connectivity index (χ4v) is 3.40. The van der Waals surface area contributed by atoms with E-state index in [4.69, 9.17) is 15.2 Å². The lowest BCUT2D eigenvalue weighted by molar-refractivity contribution is -0.119. The predicted molar refractivity (Wildman–Crippen MR) is 107 cm³/mol. The van der Waals surface area contributed by atoms with Crippen molar-refractivity contribution in [2.75, 3.05) is 13.7 Å². The van der Waals surface area contributed by atoms with E-state index < -0.39 is 5.91 Å². The number of carbonyl (C=O) groups is 2. The molecule has 1 aromatic carbocycles. The zero-order chi connectivity index (χ0) is 20.8. The summed E-state index contributed by atoms with van der Waals surface area (Å²) in [7, 11) is 1.49. The van der Waals surface area contributed by atoms with Crippen LogP contribution in [0.2, 0.25) is 0 Å². The van der Waals surface area contributed by atoms with Gasteiger partial charge in [0.25, 0.3) is 11.8 Å². The van der Waals surface area contributed by atoms with Gasteiger partial charge >= 0.3 is 0 Å². The van der Waals surface area contributed by atoms with Crippen molar-refractivity contribution in [1.29, 1.82) is 0 Å². The van der Waals surface area contributed by atoms with E-state index in [9.17, 15) is 9.59 Å². The molecule has 2 amide bonds. The van der Waals surface area contributed by atoms with Crippen LogP contribution in [0.25, 0.3) is 10.8 Å². The van der Waals surface area contributed by atoms with Crippen LogP contribution in [0.5, 0.6) is 11.5 Å². The van der Waals surface area contributed by atoms with E-state index in [2.05, 4.69) is 20.3 Å². The monoisotopic (exact) mass is 413 g/mol. The van der Waals surface area contributed by atoms with Crippen LogP contribution in [0, 0.1) is 6.92 Å². The van der Waals surface area contributed by atoms with Crippen molar-refractivity contribution in [3.63, 3.8) is 0 Å². The van der Waals surface area contributed by atoms with E-state index in [1.165, 1.54) is 18.4 Å². The number of benzene rings is 1. The quantitative estimate of drug-likeness (QED) is 0.575. The molecular formula is C19H19N5O4S. The second-order valence-corrected chi connectivity index (χ2v) is 6.93. The van der Waals surface area contributed by atoms with Crippen LogP contribution < -0.4 is 20.5 Å². The molecule has 0 aliphatic carbocycles. The van der Waals surface area contributed by atoms with E-state index in [-0.39, 0.29) is 19.1 Å². The zero-order valence-corrected chi connectivity index (χ0v) is 16.7. The standard InChI is InChI=1S/C19H19N5O4S/c1-11-16(29-19(24-11)17-21-6-3-7-22-17)18(26)23-9-12-4-5-13(14(8-12)27-2)28-10-15(20)25/h3-8H,9-10H2,1-2H3,(H2,20,25)(H,23,26). The highest BCUT2D eigenvalue weighted by atomic mass is 32.1. The van der Waals surface area contributed by atoms with Crippen LogP contribution in [0.4, 0.5) is 0 Å². The summed E-state index contributed by atoms with van der Waals surface area (Å²) in [5.41, 5.74) is 6.50. The van der Waals surface area contributed by atoms with Crippen LogP contribution in [0.3, 0.4) is 0 Å². The summed E-state index contributed by atoms with van der Waals surface area (Å²) in [6, 6.07) is 6.86. The molecule has 0 atom stereocenters. The summed E-state index contributed by atoms with van der Waals surface area (Å²) in [5.74, 6) is 0.498. The maximum Gasteiger partial charge on any atom is 0.263 e. The molecule has 2 aromatic heterocycles. The minimum absolute atomic E-state index is 0.241. The Morgan fingerprint density at radius 1 is 1.21 bits per heavy atom. The van der Waals surface area contributed by atoms with Gasteiger partial charge in [-0.15, -0.1) is 11.3 Å². The number of nitrogens with zero attached hydrogens (tertiary/aromatic N) is 3. The predicted octanol–water partition coefficient (Wildman–Crippen LogP) is 1.71. The Labute approximate surface area is 170 Å². The molecule has 0 aliphatic heterocycles. The second-order valence-electron chi connectivity index (χ2n) is 5.93. The number of methoxy groups -OCH3 is 1. The van der Waals surface area contributed by atoms with Gasteiger partial charge in [-0.1, -0.05) is 6.07 Å². The number of nitrogens with one attached hydrogen (secondary N) is 1. The van der Waals surface area contributed by atoms with Crippen LogP contribution in [0.1, 0.15) is 20.9 Å². The fraction of sp³-hybridized carbons (Fsp3) is 0.211. The number of carbonyl (C=O) groups excluding carboxylic acids is 2. The zero-order valence-electron chi connectivity index (χ0n) is 15.8. The van der Waals surface area contributed by atoms with Gasteiger partial charge in [0.05, 0.1) is 12.8 Å². The Hall–Kier alpha value is -3.53. The van der Waals surface area contributed by atoms with Crippen molar-refractivity contribution in [1.82, 2.24) is 20.3 Å². The van der Waals surface area contributed by atoms with Gasteiger partial charge in [-0.2, -0.15) is 0 Å². The summed E-state index contributed by atoms with van der Waals surface area (Å²) in [4.78, 5) is 36.7. The van der Waals surface area contributed by atoms with Crippen molar-refractivity contribution >= 4 is 23.2 Å². The molecule has 0 bridgehead atoms. The van der Waals surface area contributed by atoms with Crippen molar-refractivity contribution in [2.45, 2.75) is 13.5 Å². The number of aryl methyl sites for hydroxylation is 1. The summed E-state index contributed by atoms with van der Waals surface area (Å²) in [6.45, 7) is 1.80. The van der Waals surface area contributed by atoms with Crippen molar-refractivity contribution in [2.24, 2.45) is 5.73 Å². The third-order valence-corrected chi connectivity index (χ3v) is 4.96. The highest BCUT2D eigenvalue weighted by Gasteiger charge is 2.17. The number of thiazole rings is 1. The summed E-state index contributed by atoms with van der Waals surface area (Å²) < 4.78 is 10.6. The first-order valence-corrected chi connectivity index (χ1v) is 9.40. The Morgan fingerprint density at radius 3 is 2.66 bits per heavy atom. The molecule has 0 saturated carbocycles. The molecule has 10 heteroatoms. The lowest BCUT2D eigenvalue weighted by Gasteiger charge is -2.11. The molecule has 0 aliphatic rings. The Kier molecular flexibility index (Phi) is 6.35. The molecule has 0 saturated heterocycles. The Balaban J connectivity index is 1.68. The molecular weight excluding hydrogens is 394 g/mol. The van der Waals surface area contributed by atoms with Crippen LogP contribution in [-0.2, 0) is 11.3 Å². The van der Waals surface area contributed by atoms with Gasteiger partial charge in [-0.3, -0.25) is 9.59 Å². The first kappa shape index (κ1) is 20.2. The topological polar surface area (TPSA) is 129 Å². The van der Waals surface area contributed by atoms with Crippen LogP contribution >= 0.6 is 11.3 Å². The van der Waals surface area contributed by atoms with Gasteiger partial charge in [0.15, 0.2) is 28.9 Å². The van der Waals surface area contributed by atoms with E-state index in [1.54, 1.807) is 43.6 Å². The number of hydrogen-bond donors (Lipinski definition) is 2. The van der Waals surface area contributed by atoms with Crippen LogP contribution in [0.15, 0.2) is 36.7 Å². The third-order valence-electron chi connectivity index (χ3n) is 3.81. The molecule has 2 heterocycles. The smallest absolute Gasteiger partial charge is 0.263 e. The first-order valence-electron chi connectivity index (χ1n) is 8.59. The molecule has 0 unspecified atom stereocenters. The maximum absolute atomic E-state index is 12.6. The molecule has 0 radical (unpaired) electrons. The largest absolute Gasteiger partial charge is 0.493 e. The van der Waals surface area contributed by atoms with E-state index in [0.717, 1.165) is 5.56 Å². The fourth-order valence-electron chi connectivity index (χ4n) is 2.46. The molecule has 3 aromatic rings. The van der Waals surface area contributed by atoms with E-state index in [1.807, 2.05) is 0 Å². The minimum atomic E-state index is -0.580. The average molecular weight is 413 g/mol. The molecule has 3 rings (SSSR count). The molecule has 9 nitrogen and oxygen atoms in total. The molecule has 150 valence electrons. The number of rotatable bonds is 8. The Morgan fingerprint density at radius 2 is 1.97 bits per heavy atom. The lowest BCUT2D eigenvalue weighted by atomic mass is 10.2. The second kappa shape index (κ2) is 9.11. The van der Waals surface area contributed by atoms with Gasteiger partial charge in [0, 0.05) is 18.9 Å². The number of nitrogens with two attached hydrogens (primary N) is 1. The van der Waals surface area contributed by atoms with Crippen molar-refractivity contribution < 1.29 is 19.1 Å².